The van der Waals surface area contributed by atoms with Gasteiger partial charge in [0.25, 0.3) is 0 Å². The van der Waals surface area contributed by atoms with Gasteiger partial charge in [0.05, 0.1) is 17.8 Å². The summed E-state index contributed by atoms with van der Waals surface area (Å²) in [7, 11) is 1.39. The predicted octanol–water partition coefficient (Wildman–Crippen LogP) is 3.85. The van der Waals surface area contributed by atoms with E-state index in [1.165, 1.54) is 24.9 Å². The molecule has 0 unspecified atom stereocenters. The minimum absolute atomic E-state index is 0.0694. The largest absolute Gasteiger partial charge is 0.490 e. The van der Waals surface area contributed by atoms with Gasteiger partial charge in [0, 0.05) is 23.4 Å². The summed E-state index contributed by atoms with van der Waals surface area (Å²) < 4.78 is 4.97. The Morgan fingerprint density at radius 3 is 2.77 bits per heavy atom. The fraction of sp³-hybridized carbons (Fsp3) is 0.278. The van der Waals surface area contributed by atoms with Gasteiger partial charge in [-0.05, 0) is 35.7 Å². The maximum Gasteiger partial charge on any atom is 0.311 e. The smallest absolute Gasteiger partial charge is 0.311 e. The molecule has 1 N–H and O–H groups in total. The number of thioether (sulfide) groups is 1. The van der Waals surface area contributed by atoms with Crippen molar-refractivity contribution in [2.24, 2.45) is 0 Å². The topological polar surface area (TPSA) is 81.5 Å². The monoisotopic (exact) mass is 394 g/mol. The number of benzene rings is 2. The van der Waals surface area contributed by atoms with Crippen molar-refractivity contribution in [1.29, 1.82) is 0 Å². The third kappa shape index (κ3) is 6.24. The summed E-state index contributed by atoms with van der Waals surface area (Å²) in [6.45, 7) is 0.535. The zero-order valence-electron chi connectivity index (χ0n) is 14.2. The van der Waals surface area contributed by atoms with Gasteiger partial charge in [-0.3, -0.25) is 14.9 Å². The van der Waals surface area contributed by atoms with E-state index in [1.54, 1.807) is 12.1 Å². The standard InChI is InChI=1S/C18H19ClN2O4S/c1-25-17-6-5-14(10-16(17)21(23)24)11-26-12-18(22)20-8-7-13-3-2-4-15(19)9-13/h2-6,9-10H,7-8,11-12H2,1H3,(H,20,22). The number of hydrogen-bond acceptors (Lipinski definition) is 5. The van der Waals surface area contributed by atoms with Crippen molar-refractivity contribution in [3.05, 3.63) is 68.7 Å². The Labute approximate surface area is 161 Å². The lowest BCUT2D eigenvalue weighted by atomic mass is 10.1. The van der Waals surface area contributed by atoms with Crippen molar-refractivity contribution < 1.29 is 14.5 Å². The molecule has 1 amide bonds. The molecule has 0 fully saturated rings. The molecule has 0 spiro atoms. The molecule has 0 aliphatic heterocycles. The van der Waals surface area contributed by atoms with Gasteiger partial charge in [0.1, 0.15) is 0 Å². The van der Waals surface area contributed by atoms with Crippen LogP contribution in [0.25, 0.3) is 0 Å². The molecule has 0 bridgehead atoms. The predicted molar refractivity (Wildman–Crippen MR) is 104 cm³/mol. The highest BCUT2D eigenvalue weighted by Crippen LogP contribution is 2.28. The van der Waals surface area contributed by atoms with Gasteiger partial charge in [-0.2, -0.15) is 0 Å². The number of amides is 1. The zero-order valence-corrected chi connectivity index (χ0v) is 15.8. The van der Waals surface area contributed by atoms with Gasteiger partial charge in [0.15, 0.2) is 5.75 Å². The molecule has 138 valence electrons. The number of halogens is 1. The third-order valence-corrected chi connectivity index (χ3v) is 4.81. The van der Waals surface area contributed by atoms with Gasteiger partial charge >= 0.3 is 5.69 Å². The second-order valence-corrected chi connectivity index (χ2v) is 6.91. The quantitative estimate of drug-likeness (QED) is 0.516. The van der Waals surface area contributed by atoms with Crippen LogP contribution in [-0.4, -0.2) is 30.2 Å². The molecule has 26 heavy (non-hydrogen) atoms. The first-order valence-electron chi connectivity index (χ1n) is 7.90. The van der Waals surface area contributed by atoms with Crippen LogP contribution < -0.4 is 10.1 Å². The van der Waals surface area contributed by atoms with Gasteiger partial charge in [-0.15, -0.1) is 11.8 Å². The molecule has 8 heteroatoms. The van der Waals surface area contributed by atoms with E-state index in [2.05, 4.69) is 5.32 Å². The number of methoxy groups -OCH3 is 1. The lowest BCUT2D eigenvalue weighted by Crippen LogP contribution is -2.27. The molecular formula is C18H19ClN2O4S. The van der Waals surface area contributed by atoms with Crippen LogP contribution in [-0.2, 0) is 17.0 Å². The molecule has 0 aromatic heterocycles. The van der Waals surface area contributed by atoms with Crippen molar-refractivity contribution in [2.45, 2.75) is 12.2 Å². The van der Waals surface area contributed by atoms with Crippen molar-refractivity contribution in [1.82, 2.24) is 5.32 Å². The van der Waals surface area contributed by atoms with Crippen LogP contribution in [0, 0.1) is 10.1 Å². The molecule has 2 rings (SSSR count). The number of nitrogens with one attached hydrogen (secondary N) is 1. The average Bonchev–Trinajstić information content (AvgIpc) is 2.61. The molecule has 2 aromatic rings. The van der Waals surface area contributed by atoms with Gasteiger partial charge in [-0.25, -0.2) is 0 Å². The van der Waals surface area contributed by atoms with Crippen LogP contribution in [0.15, 0.2) is 42.5 Å². The minimum atomic E-state index is -0.477. The molecule has 2 aromatic carbocycles. The number of hydrogen-bond donors (Lipinski definition) is 1. The van der Waals surface area contributed by atoms with Crippen molar-refractivity contribution in [3.8, 4) is 5.75 Å². The maximum absolute atomic E-state index is 11.9. The summed E-state index contributed by atoms with van der Waals surface area (Å²) in [5.41, 5.74) is 1.77. The summed E-state index contributed by atoms with van der Waals surface area (Å²) in [5.74, 6) is 0.949. The number of ether oxygens (including phenoxy) is 1. The summed E-state index contributed by atoms with van der Waals surface area (Å²) in [6, 6.07) is 12.3. The van der Waals surface area contributed by atoms with Crippen LogP contribution in [0.3, 0.4) is 0 Å². The van der Waals surface area contributed by atoms with Crippen molar-refractivity contribution in [2.75, 3.05) is 19.4 Å². The summed E-state index contributed by atoms with van der Waals surface area (Å²) in [6.07, 6.45) is 0.710. The normalized spacial score (nSPS) is 10.4. The highest BCUT2D eigenvalue weighted by atomic mass is 35.5. The molecule has 0 radical (unpaired) electrons. The van der Waals surface area contributed by atoms with E-state index < -0.39 is 4.92 Å². The van der Waals surface area contributed by atoms with E-state index >= 15 is 0 Å². The number of nitrogens with zero attached hydrogens (tertiary/aromatic N) is 1. The van der Waals surface area contributed by atoms with E-state index in [-0.39, 0.29) is 23.1 Å². The highest BCUT2D eigenvalue weighted by Gasteiger charge is 2.15. The van der Waals surface area contributed by atoms with Crippen LogP contribution in [0.5, 0.6) is 5.75 Å². The number of nitro groups is 1. The van der Waals surface area contributed by atoms with E-state index in [4.69, 9.17) is 16.3 Å². The molecule has 0 aliphatic carbocycles. The van der Waals surface area contributed by atoms with E-state index in [1.807, 2.05) is 24.3 Å². The summed E-state index contributed by atoms with van der Waals surface area (Å²) in [5, 5.41) is 14.5. The van der Waals surface area contributed by atoms with Gasteiger partial charge < -0.3 is 10.1 Å². The molecule has 0 heterocycles. The van der Waals surface area contributed by atoms with E-state index in [0.29, 0.717) is 23.7 Å². The Kier molecular flexibility index (Phi) is 7.74. The fourth-order valence-electron chi connectivity index (χ4n) is 2.32. The summed E-state index contributed by atoms with van der Waals surface area (Å²) in [4.78, 5) is 22.4. The average molecular weight is 395 g/mol. The molecule has 0 aliphatic rings. The molecule has 0 saturated heterocycles. The molecule has 0 atom stereocenters. The first-order valence-corrected chi connectivity index (χ1v) is 9.43. The van der Waals surface area contributed by atoms with E-state index in [9.17, 15) is 14.9 Å². The van der Waals surface area contributed by atoms with Gasteiger partial charge in [0.2, 0.25) is 5.91 Å². The molecule has 6 nitrogen and oxygen atoms in total. The number of carbonyl (C=O) groups is 1. The molecular weight excluding hydrogens is 376 g/mol. The Morgan fingerprint density at radius 1 is 1.27 bits per heavy atom. The Morgan fingerprint density at radius 2 is 2.08 bits per heavy atom. The number of nitro benzene ring substituents is 1. The lowest BCUT2D eigenvalue weighted by Gasteiger charge is -2.07. The third-order valence-electron chi connectivity index (χ3n) is 3.57. The van der Waals surface area contributed by atoms with Crippen LogP contribution in [0.4, 0.5) is 5.69 Å². The lowest BCUT2D eigenvalue weighted by molar-refractivity contribution is -0.385. The second-order valence-electron chi connectivity index (χ2n) is 5.49. The van der Waals surface area contributed by atoms with Crippen LogP contribution >= 0.6 is 23.4 Å². The molecule has 0 saturated carbocycles. The maximum atomic E-state index is 11.9. The minimum Gasteiger partial charge on any atom is -0.490 e. The number of rotatable bonds is 9. The Balaban J connectivity index is 1.74. The second kappa shape index (κ2) is 10.0. The fourth-order valence-corrected chi connectivity index (χ4v) is 3.34. The highest BCUT2D eigenvalue weighted by molar-refractivity contribution is 7.99. The van der Waals surface area contributed by atoms with Crippen molar-refractivity contribution in [3.63, 3.8) is 0 Å². The van der Waals surface area contributed by atoms with E-state index in [0.717, 1.165) is 11.1 Å². The van der Waals surface area contributed by atoms with Crippen LogP contribution in [0.2, 0.25) is 5.02 Å². The first kappa shape index (κ1) is 20.1. The Hall–Kier alpha value is -2.25. The van der Waals surface area contributed by atoms with Crippen LogP contribution in [0.1, 0.15) is 11.1 Å². The Bertz CT molecular complexity index is 786. The first-order chi connectivity index (χ1) is 12.5. The SMILES string of the molecule is COc1ccc(CSCC(=O)NCCc2cccc(Cl)c2)cc1[N+](=O)[O-]. The zero-order chi connectivity index (χ0) is 18.9. The van der Waals surface area contributed by atoms with Gasteiger partial charge in [-0.1, -0.05) is 29.8 Å². The summed E-state index contributed by atoms with van der Waals surface area (Å²) >= 11 is 7.32. The number of carbonyl (C=O) groups excluding carboxylic acids is 1. The van der Waals surface area contributed by atoms with Crippen molar-refractivity contribution >= 4 is 35.0 Å².